The second kappa shape index (κ2) is 9.10. The molecule has 1 aromatic carbocycles. The predicted octanol–water partition coefficient (Wildman–Crippen LogP) is 1.78. The molecule has 1 rings (SSSR count). The molecule has 0 saturated carbocycles. The molecule has 0 aliphatic rings. The van der Waals surface area contributed by atoms with Crippen LogP contribution in [0.25, 0.3) is 0 Å². The number of hydrogen-bond acceptors (Lipinski definition) is 4. The summed E-state index contributed by atoms with van der Waals surface area (Å²) in [7, 11) is 0. The summed E-state index contributed by atoms with van der Waals surface area (Å²) in [5.41, 5.74) is 0.908. The standard InChI is InChI=1S/C12H14O4.Na/c1-2-15-12(14)11(8-13)16-9-10-6-4-3-5-7-10;/h3-8,13H,2,9H2,1H3;. The van der Waals surface area contributed by atoms with E-state index >= 15 is 0 Å². The van der Waals surface area contributed by atoms with Gasteiger partial charge < -0.3 is 14.6 Å². The number of ether oxygens (including phenoxy) is 2. The smallest absolute Gasteiger partial charge is 0.376 e. The first-order valence-electron chi connectivity index (χ1n) is 4.96. The van der Waals surface area contributed by atoms with Crippen molar-refractivity contribution in [2.75, 3.05) is 6.61 Å². The maximum absolute atomic E-state index is 11.2. The van der Waals surface area contributed by atoms with Gasteiger partial charge in [-0.05, 0) is 12.5 Å². The minimum absolute atomic E-state index is 0. The van der Waals surface area contributed by atoms with E-state index in [0.29, 0.717) is 6.26 Å². The molecule has 1 aromatic rings. The number of aliphatic hydroxyl groups is 1. The summed E-state index contributed by atoms with van der Waals surface area (Å²) in [6.45, 7) is 2.14. The number of carbonyl (C=O) groups is 1. The monoisotopic (exact) mass is 245 g/mol. The molecule has 0 spiro atoms. The average Bonchev–Trinajstić information content (AvgIpc) is 2.31. The molecule has 0 aromatic heterocycles. The Morgan fingerprint density at radius 2 is 1.94 bits per heavy atom. The second-order valence-electron chi connectivity index (χ2n) is 2.99. The Bertz CT molecular complexity index is 362. The minimum Gasteiger partial charge on any atom is -0.511 e. The largest absolute Gasteiger partial charge is 0.511 e. The molecule has 87 valence electrons. The molecule has 0 aliphatic heterocycles. The van der Waals surface area contributed by atoms with Crippen molar-refractivity contribution in [3.8, 4) is 0 Å². The molecule has 0 atom stereocenters. The fraction of sp³-hybridized carbons (Fsp3) is 0.250. The third-order valence-corrected chi connectivity index (χ3v) is 1.83. The van der Waals surface area contributed by atoms with E-state index in [1.54, 1.807) is 6.92 Å². The van der Waals surface area contributed by atoms with Gasteiger partial charge in [-0.2, -0.15) is 0 Å². The Morgan fingerprint density at radius 3 is 2.47 bits per heavy atom. The van der Waals surface area contributed by atoms with Crippen molar-refractivity contribution in [1.82, 2.24) is 0 Å². The second-order valence-corrected chi connectivity index (χ2v) is 2.99. The molecule has 5 heteroatoms. The molecule has 4 nitrogen and oxygen atoms in total. The maximum Gasteiger partial charge on any atom is 0.376 e. The predicted molar refractivity (Wildman–Crippen MR) is 64.3 cm³/mol. The van der Waals surface area contributed by atoms with E-state index in [-0.39, 0.29) is 48.5 Å². The first kappa shape index (κ1) is 16.0. The Morgan fingerprint density at radius 1 is 1.29 bits per heavy atom. The summed E-state index contributed by atoms with van der Waals surface area (Å²) in [5.74, 6) is -0.855. The number of rotatable bonds is 5. The van der Waals surface area contributed by atoms with E-state index in [2.05, 4.69) is 0 Å². The first-order valence-corrected chi connectivity index (χ1v) is 4.96. The molecule has 0 saturated heterocycles. The van der Waals surface area contributed by atoms with E-state index in [9.17, 15) is 4.79 Å². The van der Waals surface area contributed by atoms with Crippen molar-refractivity contribution in [2.24, 2.45) is 0 Å². The summed E-state index contributed by atoms with van der Waals surface area (Å²) in [6, 6.07) is 9.34. The van der Waals surface area contributed by atoms with E-state index in [1.165, 1.54) is 0 Å². The molecule has 0 bridgehead atoms. The number of esters is 1. The van der Waals surface area contributed by atoms with Crippen LogP contribution in [0.3, 0.4) is 0 Å². The topological polar surface area (TPSA) is 55.8 Å². The van der Waals surface area contributed by atoms with Crippen LogP contribution in [-0.4, -0.2) is 47.2 Å². The van der Waals surface area contributed by atoms with Crippen LogP contribution in [0.15, 0.2) is 42.4 Å². The summed E-state index contributed by atoms with van der Waals surface area (Å²) < 4.78 is 9.82. The zero-order chi connectivity index (χ0) is 11.8. The Balaban J connectivity index is 0.00000256. The molecule has 1 N–H and O–H groups in total. The molecule has 0 unspecified atom stereocenters. The molecule has 0 aliphatic carbocycles. The van der Waals surface area contributed by atoms with Gasteiger partial charge in [0.25, 0.3) is 0 Å². The zero-order valence-corrected chi connectivity index (χ0v) is 12.1. The minimum atomic E-state index is -0.666. The SMILES string of the molecule is CCOC(=O)C(=CO)OCc1ccccc1.[Na]. The van der Waals surface area contributed by atoms with Crippen LogP contribution in [0, 0.1) is 0 Å². The molecule has 0 heterocycles. The molecule has 1 radical (unpaired) electrons. The number of carbonyl (C=O) groups excluding carboxylic acids is 1. The van der Waals surface area contributed by atoms with Gasteiger partial charge in [-0.25, -0.2) is 4.79 Å². The third-order valence-electron chi connectivity index (χ3n) is 1.83. The molecular formula is C12H14NaO4. The summed E-state index contributed by atoms with van der Waals surface area (Å²) in [4.78, 5) is 11.2. The number of aliphatic hydroxyl groups excluding tert-OH is 1. The van der Waals surface area contributed by atoms with Crippen molar-refractivity contribution in [1.29, 1.82) is 0 Å². The number of hydrogen-bond donors (Lipinski definition) is 1. The molecule has 0 amide bonds. The van der Waals surface area contributed by atoms with E-state index in [4.69, 9.17) is 14.6 Å². The summed E-state index contributed by atoms with van der Waals surface area (Å²) in [6.07, 6.45) is 0.612. The normalized spacial score (nSPS) is 10.3. The average molecular weight is 245 g/mol. The Labute approximate surface area is 123 Å². The summed E-state index contributed by atoms with van der Waals surface area (Å²) in [5, 5.41) is 8.81. The van der Waals surface area contributed by atoms with Gasteiger partial charge in [-0.3, -0.25) is 0 Å². The Hall–Kier alpha value is -0.970. The van der Waals surface area contributed by atoms with Crippen LogP contribution in [0.4, 0.5) is 0 Å². The Kier molecular flexibility index (Phi) is 8.58. The van der Waals surface area contributed by atoms with Crippen LogP contribution in [0.5, 0.6) is 0 Å². The van der Waals surface area contributed by atoms with Gasteiger partial charge in [0.1, 0.15) is 12.9 Å². The van der Waals surface area contributed by atoms with Crippen molar-refractivity contribution >= 4 is 35.5 Å². The van der Waals surface area contributed by atoms with E-state index < -0.39 is 5.97 Å². The van der Waals surface area contributed by atoms with Crippen molar-refractivity contribution in [3.63, 3.8) is 0 Å². The summed E-state index contributed by atoms with van der Waals surface area (Å²) >= 11 is 0. The molecule has 0 fully saturated rings. The van der Waals surface area contributed by atoms with Crippen LogP contribution in [0.2, 0.25) is 0 Å². The van der Waals surface area contributed by atoms with Crippen LogP contribution >= 0.6 is 0 Å². The first-order chi connectivity index (χ1) is 7.77. The third kappa shape index (κ3) is 5.77. The van der Waals surface area contributed by atoms with Crippen LogP contribution in [0.1, 0.15) is 12.5 Å². The van der Waals surface area contributed by atoms with E-state index in [0.717, 1.165) is 5.56 Å². The maximum atomic E-state index is 11.2. The van der Waals surface area contributed by atoms with Gasteiger partial charge in [0.05, 0.1) is 6.61 Å². The van der Waals surface area contributed by atoms with Gasteiger partial charge >= 0.3 is 5.97 Å². The fourth-order valence-electron chi connectivity index (χ4n) is 1.09. The van der Waals surface area contributed by atoms with Crippen molar-refractivity contribution < 1.29 is 19.4 Å². The van der Waals surface area contributed by atoms with Crippen molar-refractivity contribution in [2.45, 2.75) is 13.5 Å². The van der Waals surface area contributed by atoms with Gasteiger partial charge in [0, 0.05) is 29.6 Å². The van der Waals surface area contributed by atoms with Gasteiger partial charge in [0.15, 0.2) is 0 Å². The van der Waals surface area contributed by atoms with Gasteiger partial charge in [-0.1, -0.05) is 30.3 Å². The van der Waals surface area contributed by atoms with Crippen LogP contribution in [-0.2, 0) is 20.9 Å². The molecular weight excluding hydrogens is 231 g/mol. The van der Waals surface area contributed by atoms with E-state index in [1.807, 2.05) is 30.3 Å². The van der Waals surface area contributed by atoms with Crippen molar-refractivity contribution in [3.05, 3.63) is 47.9 Å². The fourth-order valence-corrected chi connectivity index (χ4v) is 1.09. The number of benzene rings is 1. The molecule has 17 heavy (non-hydrogen) atoms. The van der Waals surface area contributed by atoms with Gasteiger partial charge in [0.2, 0.25) is 5.76 Å². The zero-order valence-electron chi connectivity index (χ0n) is 10.1. The quantitative estimate of drug-likeness (QED) is 0.372. The van der Waals surface area contributed by atoms with Gasteiger partial charge in [-0.15, -0.1) is 0 Å². The van der Waals surface area contributed by atoms with Crippen LogP contribution < -0.4 is 0 Å².